The molecule has 0 aromatic heterocycles. The Bertz CT molecular complexity index is 1510. The van der Waals surface area contributed by atoms with Crippen LogP contribution in [0.4, 0.5) is 23.2 Å². The highest BCUT2D eigenvalue weighted by atomic mass is 19.4. The van der Waals surface area contributed by atoms with Crippen molar-refractivity contribution in [3.8, 4) is 0 Å². The number of fused-ring (bicyclic) bond motifs is 1. The lowest BCUT2D eigenvalue weighted by molar-refractivity contribution is -0.178. The number of halogens is 4. The molecule has 0 saturated carbocycles. The SMILES string of the molecule is CC(C(C(=O)Nc1cccc(CC(C(=O)O)C(C)(C)C)c1)c1ccc(CN2Cc3c(F)cccc3C2=O)cc1)C(F)(F)F. The van der Waals surface area contributed by atoms with Crippen molar-refractivity contribution in [1.29, 1.82) is 0 Å². The molecule has 1 aliphatic heterocycles. The first kappa shape index (κ1) is 31.7. The van der Waals surface area contributed by atoms with E-state index in [0.717, 1.165) is 6.92 Å². The fourth-order valence-corrected chi connectivity index (χ4v) is 5.38. The molecule has 1 heterocycles. The molecule has 2 N–H and O–H groups in total. The second-order valence-electron chi connectivity index (χ2n) is 12.1. The highest BCUT2D eigenvalue weighted by Gasteiger charge is 2.45. The van der Waals surface area contributed by atoms with Crippen LogP contribution < -0.4 is 5.32 Å². The third-order valence-corrected chi connectivity index (χ3v) is 7.97. The maximum absolute atomic E-state index is 14.1. The van der Waals surface area contributed by atoms with Crippen molar-refractivity contribution >= 4 is 23.5 Å². The number of rotatable bonds is 9. The zero-order valence-electron chi connectivity index (χ0n) is 24.3. The summed E-state index contributed by atoms with van der Waals surface area (Å²) in [6.07, 6.45) is -4.48. The molecule has 0 fully saturated rings. The van der Waals surface area contributed by atoms with Gasteiger partial charge in [-0.3, -0.25) is 14.4 Å². The molecule has 3 aromatic carbocycles. The lowest BCUT2D eigenvalue weighted by atomic mass is 9.77. The number of anilines is 1. The van der Waals surface area contributed by atoms with Crippen molar-refractivity contribution in [2.45, 2.75) is 59.3 Å². The minimum absolute atomic E-state index is 0.0841. The summed E-state index contributed by atoms with van der Waals surface area (Å²) in [6, 6.07) is 16.7. The normalized spacial score (nSPS) is 15.5. The largest absolute Gasteiger partial charge is 0.481 e. The first-order chi connectivity index (χ1) is 20.1. The maximum Gasteiger partial charge on any atom is 0.392 e. The summed E-state index contributed by atoms with van der Waals surface area (Å²) in [4.78, 5) is 39.4. The Hall–Kier alpha value is -4.21. The molecule has 0 spiro atoms. The number of carbonyl (C=O) groups is 3. The summed E-state index contributed by atoms with van der Waals surface area (Å²) in [7, 11) is 0. The van der Waals surface area contributed by atoms with Crippen LogP contribution in [0.1, 0.15) is 66.2 Å². The number of amides is 2. The van der Waals surface area contributed by atoms with Crippen LogP contribution in [0.15, 0.2) is 66.7 Å². The fourth-order valence-electron chi connectivity index (χ4n) is 5.38. The number of hydrogen-bond acceptors (Lipinski definition) is 3. The number of nitrogens with one attached hydrogen (secondary N) is 1. The van der Waals surface area contributed by atoms with E-state index in [0.29, 0.717) is 16.7 Å². The van der Waals surface area contributed by atoms with Gasteiger partial charge in [0.15, 0.2) is 0 Å². The molecular formula is C33H34F4N2O4. The van der Waals surface area contributed by atoms with Crippen LogP contribution in [-0.2, 0) is 29.1 Å². The molecule has 3 atom stereocenters. The van der Waals surface area contributed by atoms with Gasteiger partial charge < -0.3 is 15.3 Å². The summed E-state index contributed by atoms with van der Waals surface area (Å²) in [5, 5.41) is 12.3. The minimum atomic E-state index is -4.66. The number of carboxylic acid groups (broad SMARTS) is 1. The van der Waals surface area contributed by atoms with Gasteiger partial charge in [0.1, 0.15) is 5.82 Å². The molecule has 228 valence electrons. The topological polar surface area (TPSA) is 86.7 Å². The van der Waals surface area contributed by atoms with Gasteiger partial charge in [0.25, 0.3) is 5.91 Å². The van der Waals surface area contributed by atoms with Gasteiger partial charge in [-0.05, 0) is 52.8 Å². The zero-order valence-corrected chi connectivity index (χ0v) is 24.3. The predicted molar refractivity (Wildman–Crippen MR) is 154 cm³/mol. The van der Waals surface area contributed by atoms with Gasteiger partial charge in [-0.1, -0.05) is 70.2 Å². The van der Waals surface area contributed by atoms with Crippen molar-refractivity contribution in [2.24, 2.45) is 17.3 Å². The van der Waals surface area contributed by atoms with E-state index >= 15 is 0 Å². The van der Waals surface area contributed by atoms with Crippen molar-refractivity contribution in [1.82, 2.24) is 4.90 Å². The molecule has 43 heavy (non-hydrogen) atoms. The molecule has 6 nitrogen and oxygen atoms in total. The van der Waals surface area contributed by atoms with E-state index in [-0.39, 0.29) is 42.2 Å². The minimum Gasteiger partial charge on any atom is -0.481 e. The first-order valence-corrected chi connectivity index (χ1v) is 13.9. The fraction of sp³-hybridized carbons (Fsp3) is 0.364. The molecule has 1 aliphatic rings. The quantitative estimate of drug-likeness (QED) is 0.255. The summed E-state index contributed by atoms with van der Waals surface area (Å²) < 4.78 is 55.9. The van der Waals surface area contributed by atoms with Crippen LogP contribution >= 0.6 is 0 Å². The van der Waals surface area contributed by atoms with Crippen LogP contribution in [-0.4, -0.2) is 34.0 Å². The van der Waals surface area contributed by atoms with E-state index in [1.54, 1.807) is 42.5 Å². The van der Waals surface area contributed by atoms with Gasteiger partial charge in [0.2, 0.25) is 5.91 Å². The number of alkyl halides is 3. The number of hydrogen-bond donors (Lipinski definition) is 2. The van der Waals surface area contributed by atoms with Gasteiger partial charge >= 0.3 is 12.1 Å². The second-order valence-corrected chi connectivity index (χ2v) is 12.1. The van der Waals surface area contributed by atoms with Crippen LogP contribution in [0, 0.1) is 23.1 Å². The highest BCUT2D eigenvalue weighted by molar-refractivity contribution is 5.98. The summed E-state index contributed by atoms with van der Waals surface area (Å²) in [5.41, 5.74) is 1.70. The Morgan fingerprint density at radius 1 is 0.977 bits per heavy atom. The average Bonchev–Trinajstić information content (AvgIpc) is 3.23. The number of nitrogens with zero attached hydrogens (tertiary/aromatic N) is 1. The lowest BCUT2D eigenvalue weighted by Gasteiger charge is -2.27. The van der Waals surface area contributed by atoms with Crippen LogP contribution in [0.5, 0.6) is 0 Å². The molecule has 10 heteroatoms. The monoisotopic (exact) mass is 598 g/mol. The van der Waals surface area contributed by atoms with Gasteiger partial charge in [-0.2, -0.15) is 13.2 Å². The summed E-state index contributed by atoms with van der Waals surface area (Å²) >= 11 is 0. The standard InChI is InChI=1S/C33H34F4N2O4/c1-19(33(35,36)37)28(29(40)38-23-8-5-7-21(15-23)16-26(31(42)43)32(2,3)4)22-13-11-20(12-14-22)17-39-18-25-24(30(39)41)9-6-10-27(25)34/h5-15,19,26,28H,16-18H2,1-4H3,(H,38,40)(H,42,43). The Kier molecular flexibility index (Phi) is 8.99. The third kappa shape index (κ3) is 7.24. The summed E-state index contributed by atoms with van der Waals surface area (Å²) in [5.74, 6) is -6.93. The van der Waals surface area contributed by atoms with E-state index in [2.05, 4.69) is 5.32 Å². The molecule has 0 saturated heterocycles. The Labute approximate surface area is 247 Å². The average molecular weight is 599 g/mol. The van der Waals surface area contributed by atoms with Crippen LogP contribution in [0.3, 0.4) is 0 Å². The molecule has 0 aliphatic carbocycles. The molecule has 2 amide bonds. The van der Waals surface area contributed by atoms with E-state index in [9.17, 15) is 37.1 Å². The maximum atomic E-state index is 14.1. The smallest absolute Gasteiger partial charge is 0.392 e. The van der Waals surface area contributed by atoms with Crippen molar-refractivity contribution in [3.05, 3.63) is 100 Å². The van der Waals surface area contributed by atoms with E-state index < -0.39 is 47.0 Å². The lowest BCUT2D eigenvalue weighted by Crippen LogP contribution is -2.34. The Morgan fingerprint density at radius 3 is 2.21 bits per heavy atom. The number of carboxylic acids is 1. The predicted octanol–water partition coefficient (Wildman–Crippen LogP) is 7.19. The Balaban J connectivity index is 1.53. The number of carbonyl (C=O) groups excluding carboxylic acids is 2. The van der Waals surface area contributed by atoms with Crippen LogP contribution in [0.2, 0.25) is 0 Å². The Morgan fingerprint density at radius 2 is 1.63 bits per heavy atom. The van der Waals surface area contributed by atoms with Crippen molar-refractivity contribution < 1.29 is 37.1 Å². The van der Waals surface area contributed by atoms with Crippen molar-refractivity contribution in [2.75, 3.05) is 5.32 Å². The molecular weight excluding hydrogens is 564 g/mol. The molecule has 3 aromatic rings. The van der Waals surface area contributed by atoms with E-state index in [1.165, 1.54) is 29.2 Å². The van der Waals surface area contributed by atoms with Gasteiger partial charge in [-0.15, -0.1) is 0 Å². The number of aliphatic carboxylic acids is 1. The highest BCUT2D eigenvalue weighted by Crippen LogP contribution is 2.39. The molecule has 3 unspecified atom stereocenters. The zero-order chi connectivity index (χ0) is 31.7. The van der Waals surface area contributed by atoms with Gasteiger partial charge in [0, 0.05) is 23.4 Å². The van der Waals surface area contributed by atoms with Crippen LogP contribution in [0.25, 0.3) is 0 Å². The van der Waals surface area contributed by atoms with Gasteiger partial charge in [0.05, 0.1) is 24.3 Å². The van der Waals surface area contributed by atoms with Gasteiger partial charge in [-0.25, -0.2) is 4.39 Å². The summed E-state index contributed by atoms with van der Waals surface area (Å²) in [6.45, 7) is 6.59. The molecule has 0 bridgehead atoms. The van der Waals surface area contributed by atoms with E-state index in [4.69, 9.17) is 0 Å². The van der Waals surface area contributed by atoms with Crippen molar-refractivity contribution in [3.63, 3.8) is 0 Å². The molecule has 4 rings (SSSR count). The molecule has 0 radical (unpaired) electrons. The number of benzene rings is 3. The second kappa shape index (κ2) is 12.2. The van der Waals surface area contributed by atoms with E-state index in [1.807, 2.05) is 20.8 Å². The first-order valence-electron chi connectivity index (χ1n) is 13.9. The third-order valence-electron chi connectivity index (χ3n) is 7.97.